The van der Waals surface area contributed by atoms with E-state index >= 15 is 0 Å². The number of amides is 1. The summed E-state index contributed by atoms with van der Waals surface area (Å²) in [6.45, 7) is 7.06. The number of carbonyl (C=O) groups is 1. The average molecular weight is 262 g/mol. The van der Waals surface area contributed by atoms with Gasteiger partial charge in [-0.3, -0.25) is 9.69 Å². The van der Waals surface area contributed by atoms with Crippen LogP contribution in [0.2, 0.25) is 0 Å². The zero-order valence-corrected chi connectivity index (χ0v) is 11.7. The molecule has 104 valence electrons. The van der Waals surface area contributed by atoms with Crippen LogP contribution in [0.4, 0.5) is 0 Å². The number of imidazole rings is 1. The first kappa shape index (κ1) is 12.7. The third-order valence-corrected chi connectivity index (χ3v) is 4.37. The molecule has 2 fully saturated rings. The van der Waals surface area contributed by atoms with E-state index in [0.29, 0.717) is 12.1 Å². The van der Waals surface area contributed by atoms with Gasteiger partial charge in [-0.1, -0.05) is 0 Å². The van der Waals surface area contributed by atoms with E-state index in [1.54, 1.807) is 0 Å². The number of hydrogen-bond acceptors (Lipinski definition) is 3. The number of nitrogens with one attached hydrogen (secondary N) is 1. The highest BCUT2D eigenvalue weighted by molar-refractivity contribution is 5.82. The Kier molecular flexibility index (Phi) is 3.31. The molecule has 2 saturated heterocycles. The Hall–Kier alpha value is -1.36. The second-order valence-electron chi connectivity index (χ2n) is 5.88. The fourth-order valence-electron chi connectivity index (χ4n) is 3.35. The molecule has 0 aromatic carbocycles. The lowest BCUT2D eigenvalue weighted by Gasteiger charge is -2.35. The molecular formula is C14H22N4O. The van der Waals surface area contributed by atoms with Crippen LogP contribution in [0.3, 0.4) is 0 Å². The van der Waals surface area contributed by atoms with E-state index in [-0.39, 0.29) is 11.8 Å². The number of rotatable bonds is 3. The lowest BCUT2D eigenvalue weighted by Crippen LogP contribution is -2.45. The summed E-state index contributed by atoms with van der Waals surface area (Å²) >= 11 is 0. The molecule has 5 nitrogen and oxygen atoms in total. The molecule has 0 aliphatic carbocycles. The van der Waals surface area contributed by atoms with E-state index in [1.165, 1.54) is 0 Å². The Labute approximate surface area is 114 Å². The van der Waals surface area contributed by atoms with Gasteiger partial charge in [0.2, 0.25) is 5.91 Å². The monoisotopic (exact) mass is 262 g/mol. The molecule has 0 radical (unpaired) electrons. The normalized spacial score (nSPS) is 27.6. The molecular weight excluding hydrogens is 240 g/mol. The minimum atomic E-state index is 0.191. The summed E-state index contributed by atoms with van der Waals surface area (Å²) in [4.78, 5) is 18.7. The molecule has 0 bridgehead atoms. The van der Waals surface area contributed by atoms with Crippen molar-refractivity contribution in [1.82, 2.24) is 19.8 Å². The summed E-state index contributed by atoms with van der Waals surface area (Å²) in [5.74, 6) is 1.54. The zero-order valence-electron chi connectivity index (χ0n) is 11.7. The van der Waals surface area contributed by atoms with Crippen LogP contribution in [-0.4, -0.2) is 39.5 Å². The largest absolute Gasteiger partial charge is 0.354 e. The third kappa shape index (κ3) is 2.27. The van der Waals surface area contributed by atoms with Gasteiger partial charge in [-0.2, -0.15) is 0 Å². The van der Waals surface area contributed by atoms with Crippen molar-refractivity contribution in [2.75, 3.05) is 13.1 Å². The van der Waals surface area contributed by atoms with Gasteiger partial charge in [-0.15, -0.1) is 0 Å². The number of nitrogens with zero attached hydrogens (tertiary/aromatic N) is 3. The highest BCUT2D eigenvalue weighted by atomic mass is 16.2. The van der Waals surface area contributed by atoms with Crippen LogP contribution in [-0.2, 0) is 11.3 Å². The van der Waals surface area contributed by atoms with Gasteiger partial charge in [0.1, 0.15) is 5.82 Å². The highest BCUT2D eigenvalue weighted by Crippen LogP contribution is 2.28. The molecule has 2 atom stereocenters. The number of likely N-dealkylation sites (tertiary alicyclic amines) is 1. The highest BCUT2D eigenvalue weighted by Gasteiger charge is 2.40. The molecule has 0 saturated carbocycles. The van der Waals surface area contributed by atoms with Gasteiger partial charge in [0.05, 0.1) is 12.5 Å². The number of hydrogen-bond donors (Lipinski definition) is 1. The summed E-state index contributed by atoms with van der Waals surface area (Å²) in [6.07, 6.45) is 6.05. The maximum atomic E-state index is 11.8. The number of carbonyl (C=O) groups excluding carboxylic acids is 1. The van der Waals surface area contributed by atoms with Crippen LogP contribution in [0.1, 0.15) is 38.6 Å². The topological polar surface area (TPSA) is 50.2 Å². The molecule has 1 aromatic heterocycles. The predicted octanol–water partition coefficient (Wildman–Crippen LogP) is 1.17. The van der Waals surface area contributed by atoms with E-state index in [0.717, 1.165) is 38.3 Å². The van der Waals surface area contributed by atoms with Gasteiger partial charge >= 0.3 is 0 Å². The number of fused-ring (bicyclic) bond motifs is 1. The quantitative estimate of drug-likeness (QED) is 0.889. The fraction of sp³-hybridized carbons (Fsp3) is 0.714. The summed E-state index contributed by atoms with van der Waals surface area (Å²) < 4.78 is 2.22. The van der Waals surface area contributed by atoms with Crippen molar-refractivity contribution in [3.8, 4) is 0 Å². The summed E-state index contributed by atoms with van der Waals surface area (Å²) in [5.41, 5.74) is 0. The van der Waals surface area contributed by atoms with Crippen molar-refractivity contribution in [3.05, 3.63) is 18.2 Å². The van der Waals surface area contributed by atoms with Crippen molar-refractivity contribution in [2.45, 2.75) is 45.3 Å². The van der Waals surface area contributed by atoms with Gasteiger partial charge in [-0.25, -0.2) is 4.98 Å². The Bertz CT molecular complexity index is 468. The fourth-order valence-corrected chi connectivity index (χ4v) is 3.35. The van der Waals surface area contributed by atoms with E-state index in [1.807, 2.05) is 12.4 Å². The smallest absolute Gasteiger partial charge is 0.224 e. The number of aromatic nitrogens is 2. The lowest BCUT2D eigenvalue weighted by atomic mass is 9.91. The van der Waals surface area contributed by atoms with Crippen molar-refractivity contribution in [3.63, 3.8) is 0 Å². The standard InChI is InChI=1S/C14H22N4O/c1-10(2)18-7-5-15-13(18)9-17-6-3-4-11-12(17)8-16-14(11)19/h5,7,10-12H,3-4,6,8-9H2,1-2H3,(H,16,19)/t11-,12-/m1/s1. The van der Waals surface area contributed by atoms with E-state index in [4.69, 9.17) is 0 Å². The van der Waals surface area contributed by atoms with Gasteiger partial charge < -0.3 is 9.88 Å². The third-order valence-electron chi connectivity index (χ3n) is 4.37. The van der Waals surface area contributed by atoms with Gasteiger partial charge in [0.25, 0.3) is 0 Å². The summed E-state index contributed by atoms with van der Waals surface area (Å²) in [5, 5.41) is 3.00. The van der Waals surface area contributed by atoms with Gasteiger partial charge in [-0.05, 0) is 33.2 Å². The van der Waals surface area contributed by atoms with Crippen molar-refractivity contribution >= 4 is 5.91 Å². The molecule has 1 aromatic rings. The van der Waals surface area contributed by atoms with Crippen LogP contribution >= 0.6 is 0 Å². The van der Waals surface area contributed by atoms with Crippen molar-refractivity contribution < 1.29 is 4.79 Å². The van der Waals surface area contributed by atoms with Gasteiger partial charge in [0, 0.05) is 31.0 Å². The van der Waals surface area contributed by atoms with Crippen molar-refractivity contribution in [1.29, 1.82) is 0 Å². The molecule has 1 amide bonds. The van der Waals surface area contributed by atoms with E-state index in [9.17, 15) is 4.79 Å². The Balaban J connectivity index is 1.75. The minimum absolute atomic E-state index is 0.191. The average Bonchev–Trinajstić information content (AvgIpc) is 2.98. The summed E-state index contributed by atoms with van der Waals surface area (Å²) in [6, 6.07) is 0.792. The lowest BCUT2D eigenvalue weighted by molar-refractivity contribution is -0.124. The molecule has 3 rings (SSSR count). The van der Waals surface area contributed by atoms with Crippen LogP contribution < -0.4 is 5.32 Å². The molecule has 0 spiro atoms. The second kappa shape index (κ2) is 4.96. The predicted molar refractivity (Wildman–Crippen MR) is 72.5 cm³/mol. The van der Waals surface area contributed by atoms with E-state index < -0.39 is 0 Å². The summed E-state index contributed by atoms with van der Waals surface area (Å²) in [7, 11) is 0. The van der Waals surface area contributed by atoms with Crippen LogP contribution in [0.25, 0.3) is 0 Å². The first-order valence-electron chi connectivity index (χ1n) is 7.20. The second-order valence-corrected chi connectivity index (χ2v) is 5.88. The van der Waals surface area contributed by atoms with Crippen LogP contribution in [0, 0.1) is 5.92 Å². The molecule has 2 aliphatic rings. The Morgan fingerprint density at radius 2 is 2.37 bits per heavy atom. The molecule has 19 heavy (non-hydrogen) atoms. The first-order valence-corrected chi connectivity index (χ1v) is 7.20. The molecule has 5 heteroatoms. The Morgan fingerprint density at radius 1 is 1.53 bits per heavy atom. The minimum Gasteiger partial charge on any atom is -0.354 e. The maximum Gasteiger partial charge on any atom is 0.224 e. The first-order chi connectivity index (χ1) is 9.16. The van der Waals surface area contributed by atoms with Crippen molar-refractivity contribution in [2.24, 2.45) is 5.92 Å². The van der Waals surface area contributed by atoms with Gasteiger partial charge in [0.15, 0.2) is 0 Å². The molecule has 0 unspecified atom stereocenters. The SMILES string of the molecule is CC(C)n1ccnc1CN1CCC[C@H]2C(=O)NC[C@H]21. The van der Waals surface area contributed by atoms with E-state index in [2.05, 4.69) is 33.6 Å². The van der Waals surface area contributed by atoms with Crippen LogP contribution in [0.5, 0.6) is 0 Å². The zero-order chi connectivity index (χ0) is 13.4. The van der Waals surface area contributed by atoms with Crippen LogP contribution in [0.15, 0.2) is 12.4 Å². The maximum absolute atomic E-state index is 11.8. The Morgan fingerprint density at radius 3 is 3.16 bits per heavy atom. The molecule has 1 N–H and O–H groups in total. The number of piperidine rings is 1. The molecule has 3 heterocycles. The molecule has 2 aliphatic heterocycles.